The lowest BCUT2D eigenvalue weighted by Gasteiger charge is -2.21. The van der Waals surface area contributed by atoms with Crippen LogP contribution in [0.2, 0.25) is 0 Å². The van der Waals surface area contributed by atoms with Crippen molar-refractivity contribution in [2.45, 2.75) is 30.7 Å². The molecule has 1 saturated heterocycles. The molecule has 1 aliphatic heterocycles. The quantitative estimate of drug-likeness (QED) is 0.767. The van der Waals surface area contributed by atoms with Crippen molar-refractivity contribution in [3.63, 3.8) is 0 Å². The van der Waals surface area contributed by atoms with Crippen LogP contribution < -0.4 is 19.1 Å². The van der Waals surface area contributed by atoms with E-state index in [1.807, 2.05) is 12.1 Å². The number of rotatable bonds is 7. The van der Waals surface area contributed by atoms with Gasteiger partial charge in [-0.1, -0.05) is 12.1 Å². The van der Waals surface area contributed by atoms with Crippen LogP contribution in [0, 0.1) is 0 Å². The molecular weight excluding hydrogens is 380 g/mol. The molecule has 150 valence electrons. The Hall–Kier alpha value is -2.58. The number of nitrogens with zero attached hydrogens (tertiary/aromatic N) is 1. The zero-order valence-corrected chi connectivity index (χ0v) is 17.0. The first-order valence-corrected chi connectivity index (χ1v) is 10.5. The van der Waals surface area contributed by atoms with Gasteiger partial charge in [0.15, 0.2) is 0 Å². The van der Waals surface area contributed by atoms with Crippen molar-refractivity contribution in [1.29, 1.82) is 0 Å². The highest BCUT2D eigenvalue weighted by Gasteiger charge is 2.27. The van der Waals surface area contributed by atoms with Crippen LogP contribution in [0.4, 0.5) is 5.69 Å². The van der Waals surface area contributed by atoms with Crippen molar-refractivity contribution in [3.8, 4) is 11.5 Å². The Morgan fingerprint density at radius 3 is 2.36 bits per heavy atom. The van der Waals surface area contributed by atoms with Gasteiger partial charge in [-0.05, 0) is 49.2 Å². The van der Waals surface area contributed by atoms with Gasteiger partial charge >= 0.3 is 0 Å². The molecule has 0 radical (unpaired) electrons. The van der Waals surface area contributed by atoms with E-state index in [9.17, 15) is 13.2 Å². The summed E-state index contributed by atoms with van der Waals surface area (Å²) < 4.78 is 38.9. The summed E-state index contributed by atoms with van der Waals surface area (Å²) >= 11 is 0. The summed E-state index contributed by atoms with van der Waals surface area (Å²) in [4.78, 5) is 13.8. The smallest absolute Gasteiger partial charge is 0.241 e. The molecule has 0 saturated carbocycles. The zero-order valence-electron chi connectivity index (χ0n) is 16.1. The van der Waals surface area contributed by atoms with E-state index < -0.39 is 16.1 Å². The van der Waals surface area contributed by atoms with E-state index in [1.165, 1.54) is 19.2 Å². The van der Waals surface area contributed by atoms with Crippen molar-refractivity contribution < 1.29 is 22.7 Å². The third-order valence-electron chi connectivity index (χ3n) is 4.77. The molecule has 3 rings (SSSR count). The molecule has 0 unspecified atom stereocenters. The molecule has 0 spiro atoms. The lowest BCUT2D eigenvalue weighted by molar-refractivity contribution is -0.117. The van der Waals surface area contributed by atoms with E-state index >= 15 is 0 Å². The van der Waals surface area contributed by atoms with Crippen LogP contribution in [-0.2, 0) is 14.8 Å². The molecule has 1 heterocycles. The number of carbonyl (C=O) groups excluding carboxylic acids is 1. The average molecular weight is 404 g/mol. The van der Waals surface area contributed by atoms with Gasteiger partial charge in [0.05, 0.1) is 24.8 Å². The normalized spacial score (nSPS) is 15.5. The monoisotopic (exact) mass is 404 g/mol. The third-order valence-corrected chi connectivity index (χ3v) is 6.31. The van der Waals surface area contributed by atoms with E-state index in [-0.39, 0.29) is 10.8 Å². The van der Waals surface area contributed by atoms with Crippen molar-refractivity contribution in [1.82, 2.24) is 4.72 Å². The number of ether oxygens (including phenoxy) is 2. The Balaban J connectivity index is 1.87. The Morgan fingerprint density at radius 1 is 1.07 bits per heavy atom. The van der Waals surface area contributed by atoms with Gasteiger partial charge in [0, 0.05) is 19.0 Å². The van der Waals surface area contributed by atoms with E-state index in [0.717, 1.165) is 12.0 Å². The van der Waals surface area contributed by atoms with Crippen LogP contribution in [0.25, 0.3) is 0 Å². The van der Waals surface area contributed by atoms with E-state index in [4.69, 9.17) is 9.47 Å². The maximum absolute atomic E-state index is 12.9. The summed E-state index contributed by atoms with van der Waals surface area (Å²) in [5.41, 5.74) is 1.29. The zero-order chi connectivity index (χ0) is 20.3. The summed E-state index contributed by atoms with van der Waals surface area (Å²) in [6.07, 6.45) is 1.19. The van der Waals surface area contributed by atoms with Gasteiger partial charge < -0.3 is 14.4 Å². The standard InChI is InChI=1S/C20H24N2O5S/c1-14(15-6-8-16(26-2)9-7-15)21-28(24,25)17-10-11-19(27-3)18(13-17)22-12-4-5-20(22)23/h6-11,13-14,21H,4-5,12H2,1-3H3/t14-/m0/s1. The van der Waals surface area contributed by atoms with Gasteiger partial charge in [-0.15, -0.1) is 0 Å². The molecule has 28 heavy (non-hydrogen) atoms. The largest absolute Gasteiger partial charge is 0.497 e. The van der Waals surface area contributed by atoms with Gasteiger partial charge in [-0.2, -0.15) is 0 Å². The molecule has 2 aromatic rings. The third kappa shape index (κ3) is 4.13. The average Bonchev–Trinajstić information content (AvgIpc) is 3.12. The Labute approximate surface area is 165 Å². The molecule has 2 aromatic carbocycles. The summed E-state index contributed by atoms with van der Waals surface area (Å²) in [6, 6.07) is 11.3. The number of sulfonamides is 1. The minimum absolute atomic E-state index is 0.0348. The molecule has 1 fully saturated rings. The molecule has 0 bridgehead atoms. The molecule has 0 aromatic heterocycles. The van der Waals surface area contributed by atoms with Gasteiger partial charge in [-0.25, -0.2) is 13.1 Å². The number of benzene rings is 2. The maximum Gasteiger partial charge on any atom is 0.241 e. The van der Waals surface area contributed by atoms with E-state index in [2.05, 4.69) is 4.72 Å². The van der Waals surface area contributed by atoms with Gasteiger partial charge in [0.1, 0.15) is 11.5 Å². The van der Waals surface area contributed by atoms with Gasteiger partial charge in [0.25, 0.3) is 0 Å². The first-order valence-electron chi connectivity index (χ1n) is 9.00. The first-order chi connectivity index (χ1) is 13.4. The molecule has 8 heteroatoms. The van der Waals surface area contributed by atoms with Crippen LogP contribution in [0.3, 0.4) is 0 Å². The lowest BCUT2D eigenvalue weighted by atomic mass is 10.1. The number of methoxy groups -OCH3 is 2. The minimum Gasteiger partial charge on any atom is -0.497 e. The van der Waals surface area contributed by atoms with Crippen LogP contribution in [0.15, 0.2) is 47.4 Å². The number of anilines is 1. The van der Waals surface area contributed by atoms with Crippen molar-refractivity contribution in [3.05, 3.63) is 48.0 Å². The summed E-state index contributed by atoms with van der Waals surface area (Å²) in [5, 5.41) is 0. The predicted molar refractivity (Wildman–Crippen MR) is 106 cm³/mol. The molecule has 1 aliphatic rings. The Morgan fingerprint density at radius 2 is 1.79 bits per heavy atom. The summed E-state index contributed by atoms with van der Waals surface area (Å²) in [7, 11) is -0.718. The van der Waals surface area contributed by atoms with E-state index in [1.54, 1.807) is 37.1 Å². The van der Waals surface area contributed by atoms with Gasteiger partial charge in [0.2, 0.25) is 15.9 Å². The topological polar surface area (TPSA) is 84.9 Å². The van der Waals surface area contributed by atoms with Crippen LogP contribution in [-0.4, -0.2) is 35.1 Å². The van der Waals surface area contributed by atoms with Crippen LogP contribution in [0.5, 0.6) is 11.5 Å². The molecule has 0 aliphatic carbocycles. The second kappa shape index (κ2) is 8.20. The number of hydrogen-bond acceptors (Lipinski definition) is 5. The maximum atomic E-state index is 12.9. The summed E-state index contributed by atoms with van der Waals surface area (Å²) in [5.74, 6) is 1.14. The van der Waals surface area contributed by atoms with Crippen molar-refractivity contribution >= 4 is 21.6 Å². The lowest BCUT2D eigenvalue weighted by Crippen LogP contribution is -2.28. The van der Waals surface area contributed by atoms with Gasteiger partial charge in [-0.3, -0.25) is 4.79 Å². The Kier molecular flexibility index (Phi) is 5.90. The second-order valence-corrected chi connectivity index (χ2v) is 8.31. The molecule has 1 atom stereocenters. The minimum atomic E-state index is -3.79. The summed E-state index contributed by atoms with van der Waals surface area (Å²) in [6.45, 7) is 2.32. The fourth-order valence-corrected chi connectivity index (χ4v) is 4.46. The highest BCUT2D eigenvalue weighted by Crippen LogP contribution is 2.34. The van der Waals surface area contributed by atoms with Crippen molar-refractivity contribution in [2.24, 2.45) is 0 Å². The fourth-order valence-electron chi connectivity index (χ4n) is 3.21. The highest BCUT2D eigenvalue weighted by molar-refractivity contribution is 7.89. The van der Waals surface area contributed by atoms with E-state index in [0.29, 0.717) is 30.2 Å². The van der Waals surface area contributed by atoms with Crippen molar-refractivity contribution in [2.75, 3.05) is 25.7 Å². The highest BCUT2D eigenvalue weighted by atomic mass is 32.2. The molecule has 7 nitrogen and oxygen atoms in total. The predicted octanol–water partition coefficient (Wildman–Crippen LogP) is 2.87. The fraction of sp³-hybridized carbons (Fsp3) is 0.350. The number of hydrogen-bond donors (Lipinski definition) is 1. The van der Waals surface area contributed by atoms with Crippen LogP contribution >= 0.6 is 0 Å². The van der Waals surface area contributed by atoms with Crippen LogP contribution in [0.1, 0.15) is 31.4 Å². The molecule has 1 amide bonds. The number of nitrogens with one attached hydrogen (secondary N) is 1. The molecular formula is C20H24N2O5S. The number of amides is 1. The Bertz CT molecular complexity index is 957. The second-order valence-electron chi connectivity index (χ2n) is 6.60. The molecule has 1 N–H and O–H groups in total. The first kappa shape index (κ1) is 20.2. The SMILES string of the molecule is COc1ccc([C@H](C)NS(=O)(=O)c2ccc(OC)c(N3CCCC3=O)c2)cc1. The number of carbonyl (C=O) groups is 1.